The summed E-state index contributed by atoms with van der Waals surface area (Å²) in [5.74, 6) is -0.526. The van der Waals surface area contributed by atoms with Gasteiger partial charge in [0.1, 0.15) is 11.6 Å². The number of carbonyl (C=O) groups excluding carboxylic acids is 1. The predicted octanol–water partition coefficient (Wildman–Crippen LogP) is 2.93. The van der Waals surface area contributed by atoms with E-state index in [1.165, 1.54) is 10.9 Å². The molecule has 0 radical (unpaired) electrons. The summed E-state index contributed by atoms with van der Waals surface area (Å²) in [6, 6.07) is 8.41. The van der Waals surface area contributed by atoms with Crippen molar-refractivity contribution in [3.8, 4) is 0 Å². The lowest BCUT2D eigenvalue weighted by molar-refractivity contribution is -0.0296. The lowest BCUT2D eigenvalue weighted by Gasteiger charge is -2.18. The van der Waals surface area contributed by atoms with E-state index in [0.29, 0.717) is 12.0 Å². The Morgan fingerprint density at radius 2 is 2.11 bits per heavy atom. The molecule has 0 aliphatic carbocycles. The average Bonchev–Trinajstić information content (AvgIpc) is 3.24. The van der Waals surface area contributed by atoms with Crippen LogP contribution in [0, 0.1) is 0 Å². The summed E-state index contributed by atoms with van der Waals surface area (Å²) in [6.45, 7) is 1.83. The van der Waals surface area contributed by atoms with Gasteiger partial charge in [0.05, 0.1) is 11.9 Å². The van der Waals surface area contributed by atoms with E-state index in [9.17, 15) is 4.79 Å². The number of nitrogen functional groups attached to an aromatic ring is 1. The van der Waals surface area contributed by atoms with Gasteiger partial charge in [0.25, 0.3) is 0 Å². The monoisotopic (exact) mass is 405 g/mol. The van der Waals surface area contributed by atoms with Gasteiger partial charge in [-0.3, -0.25) is 4.57 Å². The fourth-order valence-corrected chi connectivity index (χ4v) is 3.42. The Labute approximate surface area is 164 Å². The predicted molar refractivity (Wildman–Crippen MR) is 99.5 cm³/mol. The van der Waals surface area contributed by atoms with Crippen molar-refractivity contribution in [2.75, 3.05) is 5.73 Å². The first kappa shape index (κ1) is 18.6. The van der Waals surface area contributed by atoms with E-state index in [0.717, 1.165) is 0 Å². The molecule has 4 rings (SSSR count). The minimum absolute atomic E-state index is 0.0840. The highest BCUT2D eigenvalue weighted by Gasteiger charge is 2.48. The van der Waals surface area contributed by atoms with Crippen LogP contribution >= 0.6 is 11.6 Å². The minimum Gasteiger partial charge on any atom is -0.453 e. The van der Waals surface area contributed by atoms with Crippen molar-refractivity contribution in [2.24, 2.45) is 0 Å². The quantitative estimate of drug-likeness (QED) is 0.525. The average molecular weight is 406 g/mol. The van der Waals surface area contributed by atoms with Crippen LogP contribution in [0.25, 0.3) is 11.2 Å². The van der Waals surface area contributed by atoms with Gasteiger partial charge in [-0.05, 0) is 30.2 Å². The number of esters is 1. The third-order valence-corrected chi connectivity index (χ3v) is 4.79. The summed E-state index contributed by atoms with van der Waals surface area (Å²) >= 11 is 5.87. The second-order valence-corrected chi connectivity index (χ2v) is 6.69. The molecular weight excluding hydrogens is 389 g/mol. The maximum Gasteiger partial charge on any atom is 0.338 e. The molecule has 0 saturated carbocycles. The zero-order valence-corrected chi connectivity index (χ0v) is 15.6. The van der Waals surface area contributed by atoms with E-state index in [4.69, 9.17) is 26.8 Å². The van der Waals surface area contributed by atoms with Crippen LogP contribution in [0.3, 0.4) is 0 Å². The maximum absolute atomic E-state index is 15.3. The number of nitrogens with two attached hydrogens (primary N) is 1. The fraction of sp³-hybridized carbons (Fsp3) is 0.333. The van der Waals surface area contributed by atoms with E-state index in [2.05, 4.69) is 15.0 Å². The molecule has 4 atom stereocenters. The van der Waals surface area contributed by atoms with Crippen molar-refractivity contribution < 1.29 is 18.7 Å². The highest BCUT2D eigenvalue weighted by Crippen LogP contribution is 2.37. The van der Waals surface area contributed by atoms with Crippen molar-refractivity contribution in [3.05, 3.63) is 47.5 Å². The third-order valence-electron chi connectivity index (χ3n) is 4.62. The van der Waals surface area contributed by atoms with Gasteiger partial charge in [0.2, 0.25) is 5.28 Å². The number of hydrogen-bond donors (Lipinski definition) is 1. The third kappa shape index (κ3) is 3.16. The second kappa shape index (κ2) is 7.33. The number of imidazole rings is 1. The summed E-state index contributed by atoms with van der Waals surface area (Å²) in [4.78, 5) is 24.4. The molecule has 8 nitrogen and oxygen atoms in total. The molecule has 3 heterocycles. The Morgan fingerprint density at radius 1 is 1.36 bits per heavy atom. The Bertz CT molecular complexity index is 1020. The number of aromatic nitrogens is 4. The lowest BCUT2D eigenvalue weighted by atomic mass is 10.1. The van der Waals surface area contributed by atoms with Gasteiger partial charge in [-0.2, -0.15) is 9.97 Å². The Balaban J connectivity index is 1.63. The van der Waals surface area contributed by atoms with Crippen molar-refractivity contribution in [1.29, 1.82) is 0 Å². The molecule has 146 valence electrons. The van der Waals surface area contributed by atoms with E-state index in [-0.39, 0.29) is 22.3 Å². The van der Waals surface area contributed by atoms with Crippen molar-refractivity contribution in [1.82, 2.24) is 19.5 Å². The van der Waals surface area contributed by atoms with Crippen LogP contribution in [-0.2, 0) is 9.47 Å². The molecule has 1 unspecified atom stereocenters. The summed E-state index contributed by atoms with van der Waals surface area (Å²) < 4.78 is 28.0. The van der Waals surface area contributed by atoms with Crippen LogP contribution in [0.2, 0.25) is 5.28 Å². The van der Waals surface area contributed by atoms with E-state index in [1.807, 2.05) is 6.92 Å². The molecular formula is C18H17ClFN5O3. The Morgan fingerprint density at radius 3 is 2.82 bits per heavy atom. The van der Waals surface area contributed by atoms with Crippen LogP contribution in [0.1, 0.15) is 29.9 Å². The van der Waals surface area contributed by atoms with Gasteiger partial charge in [0.15, 0.2) is 30.0 Å². The molecule has 2 aromatic heterocycles. The molecule has 1 saturated heterocycles. The SMILES string of the molecule is CC[C@H]1O[C@@H](n2cnc3c(N)nc(Cl)nc32)C(F)[C@H]1OC(=O)c1ccccc1. The fourth-order valence-electron chi connectivity index (χ4n) is 3.25. The molecule has 0 bridgehead atoms. The highest BCUT2D eigenvalue weighted by molar-refractivity contribution is 6.28. The number of benzene rings is 1. The molecule has 0 amide bonds. The lowest BCUT2D eigenvalue weighted by Crippen LogP contribution is -2.33. The summed E-state index contributed by atoms with van der Waals surface area (Å²) in [6.07, 6.45) is -2.61. The van der Waals surface area contributed by atoms with Gasteiger partial charge in [-0.1, -0.05) is 25.1 Å². The minimum atomic E-state index is -1.63. The van der Waals surface area contributed by atoms with Crippen molar-refractivity contribution >= 4 is 34.6 Å². The van der Waals surface area contributed by atoms with E-state index in [1.54, 1.807) is 30.3 Å². The van der Waals surface area contributed by atoms with Crippen LogP contribution in [0.4, 0.5) is 10.2 Å². The summed E-state index contributed by atoms with van der Waals surface area (Å²) in [5.41, 5.74) is 6.68. The maximum atomic E-state index is 15.3. The molecule has 1 aliphatic heterocycles. The van der Waals surface area contributed by atoms with Gasteiger partial charge < -0.3 is 15.2 Å². The number of alkyl halides is 1. The van der Waals surface area contributed by atoms with Crippen molar-refractivity contribution in [2.45, 2.75) is 38.0 Å². The van der Waals surface area contributed by atoms with Gasteiger partial charge >= 0.3 is 5.97 Å². The Kier molecular flexibility index (Phi) is 4.86. The van der Waals surface area contributed by atoms with Gasteiger partial charge in [0, 0.05) is 0 Å². The van der Waals surface area contributed by atoms with Crippen molar-refractivity contribution in [3.63, 3.8) is 0 Å². The van der Waals surface area contributed by atoms with Gasteiger partial charge in [-0.15, -0.1) is 0 Å². The number of nitrogens with zero attached hydrogens (tertiary/aromatic N) is 4. The standard InChI is InChI=1S/C18H17ClFN5O3/c1-2-10-13(28-17(26)9-6-4-3-5-7-9)11(20)16(27-10)25-8-22-12-14(21)23-18(19)24-15(12)25/h3-8,10-11,13,16H,2H2,1H3,(H2,21,23,24)/t10-,11?,13+,16-/m1/s1. The molecule has 1 aromatic carbocycles. The number of fused-ring (bicyclic) bond motifs is 1. The molecule has 3 aromatic rings. The molecule has 1 fully saturated rings. The Hall–Kier alpha value is -2.78. The highest BCUT2D eigenvalue weighted by atomic mass is 35.5. The number of rotatable bonds is 4. The number of anilines is 1. The second-order valence-electron chi connectivity index (χ2n) is 6.36. The molecule has 0 spiro atoms. The van der Waals surface area contributed by atoms with Crippen LogP contribution < -0.4 is 5.73 Å². The molecule has 1 aliphatic rings. The number of ether oxygens (including phenoxy) is 2. The summed E-state index contributed by atoms with van der Waals surface area (Å²) in [5, 5.41) is -0.0840. The first-order chi connectivity index (χ1) is 13.5. The summed E-state index contributed by atoms with van der Waals surface area (Å²) in [7, 11) is 0. The van der Waals surface area contributed by atoms with Crippen LogP contribution in [0.15, 0.2) is 36.7 Å². The molecule has 28 heavy (non-hydrogen) atoms. The van der Waals surface area contributed by atoms with Crippen LogP contribution in [0.5, 0.6) is 0 Å². The first-order valence-corrected chi connectivity index (χ1v) is 9.08. The largest absolute Gasteiger partial charge is 0.453 e. The van der Waals surface area contributed by atoms with E-state index >= 15 is 4.39 Å². The number of halogens is 2. The zero-order valence-electron chi connectivity index (χ0n) is 14.8. The number of hydrogen-bond acceptors (Lipinski definition) is 7. The smallest absolute Gasteiger partial charge is 0.338 e. The van der Waals surface area contributed by atoms with E-state index < -0.39 is 30.6 Å². The van der Waals surface area contributed by atoms with Crippen LogP contribution in [-0.4, -0.2) is 43.9 Å². The normalized spacial score (nSPS) is 24.5. The number of carbonyl (C=O) groups is 1. The first-order valence-electron chi connectivity index (χ1n) is 8.70. The zero-order chi connectivity index (χ0) is 19.8. The van der Waals surface area contributed by atoms with Gasteiger partial charge in [-0.25, -0.2) is 14.2 Å². The molecule has 2 N–H and O–H groups in total. The molecule has 10 heteroatoms. The topological polar surface area (TPSA) is 105 Å².